The zero-order chi connectivity index (χ0) is 17.5. The third-order valence-corrected chi connectivity index (χ3v) is 3.79. The first-order chi connectivity index (χ1) is 12.2. The van der Waals surface area contributed by atoms with Crippen LogP contribution in [0.3, 0.4) is 0 Å². The normalized spacial score (nSPS) is 10.3. The molecule has 1 heterocycles. The molecule has 0 fully saturated rings. The van der Waals surface area contributed by atoms with Gasteiger partial charge in [0.25, 0.3) is 0 Å². The van der Waals surface area contributed by atoms with Crippen molar-refractivity contribution in [3.8, 4) is 11.1 Å². The number of amides is 2. The summed E-state index contributed by atoms with van der Waals surface area (Å²) < 4.78 is 13.5. The molecule has 3 aromatic rings. The van der Waals surface area contributed by atoms with Gasteiger partial charge in [0.1, 0.15) is 5.82 Å². The number of aromatic nitrogens is 1. The average molecular weight is 335 g/mol. The number of benzene rings is 2. The number of anilines is 1. The van der Waals surface area contributed by atoms with Crippen LogP contribution < -0.4 is 10.6 Å². The fraction of sp³-hybridized carbons (Fsp3) is 0.100. The number of pyridine rings is 1. The Balaban J connectivity index is 1.50. The quantitative estimate of drug-likeness (QED) is 0.732. The van der Waals surface area contributed by atoms with Crippen molar-refractivity contribution in [3.05, 3.63) is 84.4 Å². The van der Waals surface area contributed by atoms with Crippen LogP contribution in [0.4, 0.5) is 14.9 Å². The van der Waals surface area contributed by atoms with Crippen molar-refractivity contribution in [3.63, 3.8) is 0 Å². The molecule has 0 atom stereocenters. The monoisotopic (exact) mass is 335 g/mol. The molecular formula is C20H18FN3O. The largest absolute Gasteiger partial charge is 0.338 e. The summed E-state index contributed by atoms with van der Waals surface area (Å²) in [6, 6.07) is 17.7. The van der Waals surface area contributed by atoms with Crippen molar-refractivity contribution < 1.29 is 9.18 Å². The van der Waals surface area contributed by atoms with Gasteiger partial charge in [0, 0.05) is 24.6 Å². The Bertz CT molecular complexity index is 835. The summed E-state index contributed by atoms with van der Waals surface area (Å²) in [5.74, 6) is -0.253. The van der Waals surface area contributed by atoms with Crippen molar-refractivity contribution in [1.29, 1.82) is 0 Å². The first-order valence-corrected chi connectivity index (χ1v) is 8.01. The lowest BCUT2D eigenvalue weighted by atomic mass is 10.1. The van der Waals surface area contributed by atoms with Gasteiger partial charge in [-0.1, -0.05) is 30.3 Å². The molecule has 0 aliphatic carbocycles. The van der Waals surface area contributed by atoms with E-state index in [1.54, 1.807) is 30.6 Å². The van der Waals surface area contributed by atoms with Gasteiger partial charge < -0.3 is 10.6 Å². The molecule has 2 amide bonds. The van der Waals surface area contributed by atoms with Gasteiger partial charge in [0.05, 0.1) is 0 Å². The summed E-state index contributed by atoms with van der Waals surface area (Å²) in [4.78, 5) is 15.9. The molecule has 0 bridgehead atoms. The second-order valence-corrected chi connectivity index (χ2v) is 5.54. The second kappa shape index (κ2) is 8.06. The van der Waals surface area contributed by atoms with Crippen LogP contribution in [0.5, 0.6) is 0 Å². The molecule has 0 spiro atoms. The SMILES string of the molecule is O=C(NCCc1ccccc1F)Nc1ccc(-c2ccncc2)cc1. The van der Waals surface area contributed by atoms with E-state index in [1.165, 1.54) is 6.07 Å². The van der Waals surface area contributed by atoms with Crippen molar-refractivity contribution in [2.75, 3.05) is 11.9 Å². The van der Waals surface area contributed by atoms with Crippen LogP contribution >= 0.6 is 0 Å². The van der Waals surface area contributed by atoms with E-state index in [-0.39, 0.29) is 11.8 Å². The Labute approximate surface area is 145 Å². The van der Waals surface area contributed by atoms with Gasteiger partial charge in [0.2, 0.25) is 0 Å². The van der Waals surface area contributed by atoms with Gasteiger partial charge in [-0.25, -0.2) is 9.18 Å². The molecule has 0 aliphatic rings. The van der Waals surface area contributed by atoms with Crippen molar-refractivity contribution >= 4 is 11.7 Å². The Hall–Kier alpha value is -3.21. The van der Waals surface area contributed by atoms with Gasteiger partial charge in [-0.3, -0.25) is 4.98 Å². The van der Waals surface area contributed by atoms with E-state index >= 15 is 0 Å². The van der Waals surface area contributed by atoms with Crippen molar-refractivity contribution in [2.24, 2.45) is 0 Å². The van der Waals surface area contributed by atoms with Crippen molar-refractivity contribution in [2.45, 2.75) is 6.42 Å². The third kappa shape index (κ3) is 4.64. The van der Waals surface area contributed by atoms with Crippen LogP contribution in [0.2, 0.25) is 0 Å². The summed E-state index contributed by atoms with van der Waals surface area (Å²) in [7, 11) is 0. The van der Waals surface area contributed by atoms with E-state index in [2.05, 4.69) is 15.6 Å². The number of rotatable bonds is 5. The van der Waals surface area contributed by atoms with Crippen LogP contribution in [-0.2, 0) is 6.42 Å². The van der Waals surface area contributed by atoms with E-state index in [1.807, 2.05) is 36.4 Å². The number of hydrogen-bond donors (Lipinski definition) is 2. The first kappa shape index (κ1) is 16.6. The summed E-state index contributed by atoms with van der Waals surface area (Å²) in [5, 5.41) is 5.49. The Morgan fingerprint density at radius 1 is 0.920 bits per heavy atom. The van der Waals surface area contributed by atoms with E-state index < -0.39 is 0 Å². The maximum Gasteiger partial charge on any atom is 0.319 e. The van der Waals surface area contributed by atoms with Crippen LogP contribution in [-0.4, -0.2) is 17.6 Å². The number of nitrogens with zero attached hydrogens (tertiary/aromatic N) is 1. The molecule has 0 unspecified atom stereocenters. The van der Waals surface area contributed by atoms with Gasteiger partial charge in [-0.2, -0.15) is 0 Å². The predicted octanol–water partition coefficient (Wildman–Crippen LogP) is 4.25. The van der Waals surface area contributed by atoms with Gasteiger partial charge in [-0.15, -0.1) is 0 Å². The van der Waals surface area contributed by atoms with E-state index in [9.17, 15) is 9.18 Å². The smallest absolute Gasteiger partial charge is 0.319 e. The molecule has 4 nitrogen and oxygen atoms in total. The summed E-state index contributed by atoms with van der Waals surface area (Å²) in [5.41, 5.74) is 3.40. The van der Waals surface area contributed by atoms with Gasteiger partial charge in [-0.05, 0) is 53.4 Å². The molecule has 126 valence electrons. The predicted molar refractivity (Wildman–Crippen MR) is 96.8 cm³/mol. The third-order valence-electron chi connectivity index (χ3n) is 3.79. The van der Waals surface area contributed by atoms with Crippen LogP contribution in [0.1, 0.15) is 5.56 Å². The highest BCUT2D eigenvalue weighted by Crippen LogP contribution is 2.20. The van der Waals surface area contributed by atoms with Crippen molar-refractivity contribution in [1.82, 2.24) is 10.3 Å². The zero-order valence-electron chi connectivity index (χ0n) is 13.6. The maximum absolute atomic E-state index is 13.5. The fourth-order valence-corrected chi connectivity index (χ4v) is 2.48. The number of nitrogens with one attached hydrogen (secondary N) is 2. The van der Waals surface area contributed by atoms with E-state index in [4.69, 9.17) is 0 Å². The molecule has 0 saturated carbocycles. The molecular weight excluding hydrogens is 317 g/mol. The van der Waals surface area contributed by atoms with Gasteiger partial charge >= 0.3 is 6.03 Å². The lowest BCUT2D eigenvalue weighted by molar-refractivity contribution is 0.252. The minimum Gasteiger partial charge on any atom is -0.338 e. The van der Waals surface area contributed by atoms with E-state index in [0.29, 0.717) is 24.2 Å². The lowest BCUT2D eigenvalue weighted by Gasteiger charge is -2.09. The van der Waals surface area contributed by atoms with Gasteiger partial charge in [0.15, 0.2) is 0 Å². The second-order valence-electron chi connectivity index (χ2n) is 5.54. The topological polar surface area (TPSA) is 54.0 Å². The number of carbonyl (C=O) groups excluding carboxylic acids is 1. The standard InChI is InChI=1S/C20H18FN3O/c21-19-4-2-1-3-17(19)11-14-23-20(25)24-18-7-5-15(6-8-18)16-9-12-22-13-10-16/h1-10,12-13H,11,14H2,(H2,23,24,25). The summed E-state index contributed by atoms with van der Waals surface area (Å²) in [6.45, 7) is 0.363. The van der Waals surface area contributed by atoms with E-state index in [0.717, 1.165) is 11.1 Å². The minimum atomic E-state index is -0.312. The Kier molecular flexibility index (Phi) is 5.36. The molecule has 2 aromatic carbocycles. The number of halogens is 1. The molecule has 0 saturated heterocycles. The van der Waals surface area contributed by atoms with Crippen LogP contribution in [0, 0.1) is 5.82 Å². The summed E-state index contributed by atoms with van der Waals surface area (Å²) >= 11 is 0. The highest BCUT2D eigenvalue weighted by molar-refractivity contribution is 5.89. The fourth-order valence-electron chi connectivity index (χ4n) is 2.48. The molecule has 0 radical (unpaired) electrons. The lowest BCUT2D eigenvalue weighted by Crippen LogP contribution is -2.30. The summed E-state index contributed by atoms with van der Waals surface area (Å²) in [6.07, 6.45) is 3.93. The number of urea groups is 1. The average Bonchev–Trinajstić information content (AvgIpc) is 2.65. The number of carbonyl (C=O) groups is 1. The molecule has 5 heteroatoms. The highest BCUT2D eigenvalue weighted by atomic mass is 19.1. The molecule has 25 heavy (non-hydrogen) atoms. The number of hydrogen-bond acceptors (Lipinski definition) is 2. The Morgan fingerprint density at radius 2 is 1.60 bits per heavy atom. The molecule has 2 N–H and O–H groups in total. The maximum atomic E-state index is 13.5. The molecule has 0 aliphatic heterocycles. The molecule has 3 rings (SSSR count). The minimum absolute atomic E-state index is 0.253. The van der Waals surface area contributed by atoms with Crippen LogP contribution in [0.15, 0.2) is 73.1 Å². The van der Waals surface area contributed by atoms with Crippen LogP contribution in [0.25, 0.3) is 11.1 Å². The Morgan fingerprint density at radius 3 is 2.32 bits per heavy atom. The molecule has 1 aromatic heterocycles. The zero-order valence-corrected chi connectivity index (χ0v) is 13.6. The highest BCUT2D eigenvalue weighted by Gasteiger charge is 2.04. The first-order valence-electron chi connectivity index (χ1n) is 8.01.